The number of amides is 1. The van der Waals surface area contributed by atoms with E-state index in [0.29, 0.717) is 30.9 Å². The van der Waals surface area contributed by atoms with Gasteiger partial charge in [-0.15, -0.1) is 0 Å². The van der Waals surface area contributed by atoms with Gasteiger partial charge in [-0.2, -0.15) is 10.3 Å². The number of rotatable bonds is 5. The van der Waals surface area contributed by atoms with Crippen LogP contribution in [0.4, 0.5) is 0 Å². The number of hydrogen-bond donors (Lipinski definition) is 0. The minimum Gasteiger partial charge on any atom is -0.459 e. The predicted molar refractivity (Wildman–Crippen MR) is 107 cm³/mol. The molecule has 0 aliphatic heterocycles. The number of fused-ring (bicyclic) bond motifs is 2. The summed E-state index contributed by atoms with van der Waals surface area (Å²) in [5.41, 5.74) is 0.691. The van der Waals surface area contributed by atoms with E-state index in [4.69, 9.17) is 9.15 Å². The molecular weight excluding hydrogens is 386 g/mol. The van der Waals surface area contributed by atoms with Crippen molar-refractivity contribution >= 4 is 22.6 Å². The third-order valence-electron chi connectivity index (χ3n) is 4.58. The lowest BCUT2D eigenvalue weighted by Gasteiger charge is -2.13. The summed E-state index contributed by atoms with van der Waals surface area (Å²) in [6.07, 6.45) is 3.55. The second-order valence-corrected chi connectivity index (χ2v) is 6.47. The summed E-state index contributed by atoms with van der Waals surface area (Å²) in [7, 11) is 1.58. The van der Waals surface area contributed by atoms with Gasteiger partial charge in [0.15, 0.2) is 11.2 Å². The van der Waals surface area contributed by atoms with Crippen molar-refractivity contribution in [1.29, 1.82) is 5.26 Å². The van der Waals surface area contributed by atoms with Crippen LogP contribution in [-0.2, 0) is 11.3 Å². The Morgan fingerprint density at radius 3 is 2.93 bits per heavy atom. The lowest BCUT2D eigenvalue weighted by molar-refractivity contribution is 0.0970. The molecule has 0 spiro atoms. The van der Waals surface area contributed by atoms with Crippen LogP contribution in [0.5, 0.6) is 0 Å². The molecule has 4 aromatic heterocycles. The average Bonchev–Trinajstić information content (AvgIpc) is 3.30. The predicted octanol–water partition coefficient (Wildman–Crippen LogP) is 1.89. The van der Waals surface area contributed by atoms with Gasteiger partial charge < -0.3 is 13.7 Å². The summed E-state index contributed by atoms with van der Waals surface area (Å²) in [6.45, 7) is 0.795. The molecule has 9 nitrogen and oxygen atoms in total. The molecule has 0 aromatic carbocycles. The molecule has 1 amide bonds. The SMILES string of the molecule is COCCCn1c(=NC(=O)c2ccco2)c(C#N)cc2c(=O)n3ccccc3nc21. The van der Waals surface area contributed by atoms with Crippen molar-refractivity contribution in [3.05, 3.63) is 76.0 Å². The van der Waals surface area contributed by atoms with Crippen LogP contribution in [0.1, 0.15) is 22.5 Å². The number of aromatic nitrogens is 3. The van der Waals surface area contributed by atoms with E-state index >= 15 is 0 Å². The second kappa shape index (κ2) is 8.14. The third-order valence-corrected chi connectivity index (χ3v) is 4.58. The Hall–Kier alpha value is -4.03. The van der Waals surface area contributed by atoms with Crippen LogP contribution in [0, 0.1) is 11.3 Å². The highest BCUT2D eigenvalue weighted by Gasteiger charge is 2.16. The summed E-state index contributed by atoms with van der Waals surface area (Å²) in [5.74, 6) is -0.581. The first-order chi connectivity index (χ1) is 14.6. The molecule has 0 atom stereocenters. The fourth-order valence-corrected chi connectivity index (χ4v) is 3.21. The molecule has 4 heterocycles. The van der Waals surface area contributed by atoms with Crippen molar-refractivity contribution in [1.82, 2.24) is 14.0 Å². The molecule has 0 aliphatic rings. The smallest absolute Gasteiger partial charge is 0.314 e. The largest absolute Gasteiger partial charge is 0.459 e. The van der Waals surface area contributed by atoms with Gasteiger partial charge in [-0.3, -0.25) is 14.0 Å². The van der Waals surface area contributed by atoms with E-state index in [1.165, 1.54) is 22.8 Å². The second-order valence-electron chi connectivity index (χ2n) is 6.47. The van der Waals surface area contributed by atoms with Crippen LogP contribution < -0.4 is 11.0 Å². The number of ether oxygens (including phenoxy) is 1. The minimum absolute atomic E-state index is 0.0500. The first-order valence-electron chi connectivity index (χ1n) is 9.20. The Morgan fingerprint density at radius 1 is 1.33 bits per heavy atom. The van der Waals surface area contributed by atoms with E-state index in [-0.39, 0.29) is 27.8 Å². The highest BCUT2D eigenvalue weighted by atomic mass is 16.5. The zero-order chi connectivity index (χ0) is 21.1. The highest BCUT2D eigenvalue weighted by Crippen LogP contribution is 2.11. The van der Waals surface area contributed by atoms with Crippen molar-refractivity contribution in [2.75, 3.05) is 13.7 Å². The maximum absolute atomic E-state index is 13.0. The maximum Gasteiger partial charge on any atom is 0.314 e. The normalized spacial score (nSPS) is 11.8. The lowest BCUT2D eigenvalue weighted by atomic mass is 10.2. The summed E-state index contributed by atoms with van der Waals surface area (Å²) in [5, 5.41) is 9.97. The molecule has 9 heteroatoms. The molecule has 0 saturated heterocycles. The molecule has 30 heavy (non-hydrogen) atoms. The highest BCUT2D eigenvalue weighted by molar-refractivity contribution is 5.92. The Labute approximate surface area is 170 Å². The summed E-state index contributed by atoms with van der Waals surface area (Å²) < 4.78 is 13.3. The number of nitrogens with zero attached hydrogens (tertiary/aromatic N) is 5. The molecule has 4 rings (SSSR count). The van der Waals surface area contributed by atoms with Crippen molar-refractivity contribution < 1.29 is 13.9 Å². The van der Waals surface area contributed by atoms with Gasteiger partial charge in [-0.05, 0) is 36.8 Å². The lowest BCUT2D eigenvalue weighted by Crippen LogP contribution is -2.30. The van der Waals surface area contributed by atoms with Crippen LogP contribution >= 0.6 is 0 Å². The molecule has 0 fully saturated rings. The standard InChI is InChI=1S/C21H17N5O4/c1-29-10-5-9-26-18(24-20(27)16-6-4-11-30-16)14(13-22)12-15-19(26)23-17-7-2-3-8-25(17)21(15)28/h2-4,6-8,11-12H,5,9-10H2,1H3. The van der Waals surface area contributed by atoms with Gasteiger partial charge in [-0.1, -0.05) is 6.07 Å². The first kappa shape index (κ1) is 19.3. The van der Waals surface area contributed by atoms with Gasteiger partial charge in [0.2, 0.25) is 0 Å². The minimum atomic E-state index is -0.631. The number of aryl methyl sites for hydroxylation is 1. The fraction of sp³-hybridized carbons (Fsp3) is 0.190. The van der Waals surface area contributed by atoms with Crippen molar-refractivity contribution in [3.8, 4) is 6.07 Å². The number of furan rings is 1. The van der Waals surface area contributed by atoms with Crippen LogP contribution in [-0.4, -0.2) is 33.6 Å². The van der Waals surface area contributed by atoms with E-state index in [1.54, 1.807) is 42.1 Å². The Balaban J connectivity index is 2.07. The van der Waals surface area contributed by atoms with E-state index in [0.717, 1.165) is 0 Å². The quantitative estimate of drug-likeness (QED) is 0.371. The average molecular weight is 403 g/mol. The van der Waals surface area contributed by atoms with E-state index in [9.17, 15) is 14.9 Å². The van der Waals surface area contributed by atoms with E-state index < -0.39 is 5.91 Å². The number of carbonyl (C=O) groups excluding carboxylic acids is 1. The maximum atomic E-state index is 13.0. The van der Waals surface area contributed by atoms with Crippen LogP contribution in [0.2, 0.25) is 0 Å². The Bertz CT molecular complexity index is 1410. The molecule has 150 valence electrons. The fourth-order valence-electron chi connectivity index (χ4n) is 3.21. The molecular formula is C21H17N5O4. The van der Waals surface area contributed by atoms with Gasteiger partial charge >= 0.3 is 5.91 Å². The summed E-state index contributed by atoms with van der Waals surface area (Å²) >= 11 is 0. The number of methoxy groups -OCH3 is 1. The molecule has 0 radical (unpaired) electrons. The van der Waals surface area contributed by atoms with Gasteiger partial charge in [-0.25, -0.2) is 4.98 Å². The molecule has 0 saturated carbocycles. The zero-order valence-corrected chi connectivity index (χ0v) is 16.1. The van der Waals surface area contributed by atoms with Gasteiger partial charge in [0.25, 0.3) is 5.56 Å². The van der Waals surface area contributed by atoms with Gasteiger partial charge in [0.1, 0.15) is 17.4 Å². The van der Waals surface area contributed by atoms with Gasteiger partial charge in [0, 0.05) is 26.5 Å². The number of nitriles is 1. The molecule has 4 aromatic rings. The number of hydrogen-bond acceptors (Lipinski definition) is 6. The van der Waals surface area contributed by atoms with Crippen LogP contribution in [0.3, 0.4) is 0 Å². The molecule has 0 bridgehead atoms. The number of carbonyl (C=O) groups is 1. The summed E-state index contributed by atoms with van der Waals surface area (Å²) in [6, 6.07) is 11.7. The van der Waals surface area contributed by atoms with Gasteiger partial charge in [0.05, 0.1) is 17.2 Å². The van der Waals surface area contributed by atoms with Crippen LogP contribution in [0.25, 0.3) is 16.7 Å². The number of pyridine rings is 2. The third kappa shape index (κ3) is 3.40. The molecule has 0 N–H and O–H groups in total. The Morgan fingerprint density at radius 2 is 2.20 bits per heavy atom. The van der Waals surface area contributed by atoms with E-state index in [2.05, 4.69) is 9.98 Å². The zero-order valence-electron chi connectivity index (χ0n) is 16.1. The van der Waals surface area contributed by atoms with Crippen molar-refractivity contribution in [3.63, 3.8) is 0 Å². The van der Waals surface area contributed by atoms with Crippen LogP contribution in [0.15, 0.2) is 63.1 Å². The monoisotopic (exact) mass is 403 g/mol. The molecule has 0 aliphatic carbocycles. The van der Waals surface area contributed by atoms with Crippen molar-refractivity contribution in [2.24, 2.45) is 4.99 Å². The first-order valence-corrected chi connectivity index (χ1v) is 9.20. The summed E-state index contributed by atoms with van der Waals surface area (Å²) in [4.78, 5) is 34.3. The Kier molecular flexibility index (Phi) is 5.24. The molecule has 0 unspecified atom stereocenters. The topological polar surface area (TPSA) is 115 Å². The van der Waals surface area contributed by atoms with E-state index in [1.807, 2.05) is 6.07 Å². The van der Waals surface area contributed by atoms with Crippen molar-refractivity contribution in [2.45, 2.75) is 13.0 Å².